The molecule has 0 aliphatic carbocycles. The maximum absolute atomic E-state index is 4.91. The van der Waals surface area contributed by atoms with Crippen molar-refractivity contribution in [2.24, 2.45) is 4.99 Å². The highest BCUT2D eigenvalue weighted by molar-refractivity contribution is 5.77. The van der Waals surface area contributed by atoms with Gasteiger partial charge in [0.15, 0.2) is 5.76 Å². The number of aryl methyl sites for hydroxylation is 1. The molecule has 0 aromatic carbocycles. The molecule has 0 unspecified atom stereocenters. The summed E-state index contributed by atoms with van der Waals surface area (Å²) in [7, 11) is 1.72. The molecule has 1 aromatic rings. The summed E-state index contributed by atoms with van der Waals surface area (Å²) in [6, 6.07) is 1.86. The van der Waals surface area contributed by atoms with Gasteiger partial charge in [-0.1, -0.05) is 5.16 Å². The van der Waals surface area contributed by atoms with Crippen LogP contribution in [0.1, 0.15) is 11.5 Å². The molecule has 0 N–H and O–H groups in total. The average molecular weight is 150 g/mol. The first-order valence-corrected chi connectivity index (χ1v) is 3.35. The molecule has 0 fully saturated rings. The Kier molecular flexibility index (Phi) is 2.60. The van der Waals surface area contributed by atoms with Crippen LogP contribution in [-0.4, -0.2) is 18.4 Å². The molecule has 0 radical (unpaired) electrons. The van der Waals surface area contributed by atoms with E-state index in [0.29, 0.717) is 0 Å². The van der Waals surface area contributed by atoms with Gasteiger partial charge in [-0.25, -0.2) is 0 Å². The predicted molar refractivity (Wildman–Crippen MR) is 44.7 cm³/mol. The van der Waals surface area contributed by atoms with Crippen LogP contribution in [0.5, 0.6) is 0 Å². The SMILES string of the molecule is CN=C/C=C/c1cc(C)no1. The lowest BCUT2D eigenvalue weighted by Gasteiger charge is -1.75. The highest BCUT2D eigenvalue weighted by Crippen LogP contribution is 2.02. The molecule has 0 saturated heterocycles. The standard InChI is InChI=1S/C8H10N2O/c1-7-6-8(11-10-7)4-3-5-9-2/h3-6H,1-2H3/b4-3+,9-5?. The summed E-state index contributed by atoms with van der Waals surface area (Å²) in [5.41, 5.74) is 0.887. The van der Waals surface area contributed by atoms with Crippen LogP contribution in [-0.2, 0) is 0 Å². The summed E-state index contributed by atoms with van der Waals surface area (Å²) < 4.78 is 4.91. The second-order valence-electron chi connectivity index (χ2n) is 2.14. The molecule has 0 aliphatic rings. The van der Waals surface area contributed by atoms with Gasteiger partial charge in [0.2, 0.25) is 0 Å². The summed E-state index contributed by atoms with van der Waals surface area (Å²) >= 11 is 0. The number of aromatic nitrogens is 1. The van der Waals surface area contributed by atoms with Gasteiger partial charge in [0.25, 0.3) is 0 Å². The molecule has 1 heterocycles. The fourth-order valence-electron chi connectivity index (χ4n) is 0.686. The van der Waals surface area contributed by atoms with E-state index in [1.54, 1.807) is 19.3 Å². The van der Waals surface area contributed by atoms with Crippen LogP contribution in [0.3, 0.4) is 0 Å². The topological polar surface area (TPSA) is 38.4 Å². The number of hydrogen-bond acceptors (Lipinski definition) is 3. The fourth-order valence-corrected chi connectivity index (χ4v) is 0.686. The van der Waals surface area contributed by atoms with Crippen molar-refractivity contribution in [2.45, 2.75) is 6.92 Å². The third-order valence-corrected chi connectivity index (χ3v) is 1.14. The molecule has 11 heavy (non-hydrogen) atoms. The van der Waals surface area contributed by atoms with Crippen molar-refractivity contribution in [3.63, 3.8) is 0 Å². The van der Waals surface area contributed by atoms with Crippen molar-refractivity contribution in [3.05, 3.63) is 23.6 Å². The van der Waals surface area contributed by atoms with Gasteiger partial charge >= 0.3 is 0 Å². The Morgan fingerprint density at radius 2 is 2.45 bits per heavy atom. The maximum atomic E-state index is 4.91. The average Bonchev–Trinajstić information content (AvgIpc) is 2.37. The van der Waals surface area contributed by atoms with Crippen LogP contribution in [0.15, 0.2) is 21.7 Å². The first-order chi connectivity index (χ1) is 5.33. The molecular formula is C8H10N2O. The van der Waals surface area contributed by atoms with E-state index in [1.165, 1.54) is 0 Å². The Morgan fingerprint density at radius 1 is 1.64 bits per heavy atom. The van der Waals surface area contributed by atoms with Gasteiger partial charge in [0.05, 0.1) is 5.69 Å². The van der Waals surface area contributed by atoms with Crippen LogP contribution >= 0.6 is 0 Å². The summed E-state index contributed by atoms with van der Waals surface area (Å²) in [5, 5.41) is 3.72. The molecule has 1 aromatic heterocycles. The maximum Gasteiger partial charge on any atom is 0.159 e. The Bertz CT molecular complexity index is 273. The summed E-state index contributed by atoms with van der Waals surface area (Å²) in [5.74, 6) is 0.752. The normalized spacial score (nSPS) is 11.8. The minimum absolute atomic E-state index is 0.752. The van der Waals surface area contributed by atoms with Gasteiger partial charge in [0.1, 0.15) is 0 Å². The minimum Gasteiger partial charge on any atom is -0.357 e. The van der Waals surface area contributed by atoms with Gasteiger partial charge in [0, 0.05) is 19.3 Å². The van der Waals surface area contributed by atoms with Gasteiger partial charge in [-0.3, -0.25) is 4.99 Å². The van der Waals surface area contributed by atoms with E-state index in [0.717, 1.165) is 11.5 Å². The number of aliphatic imine (C=N–C) groups is 1. The number of rotatable bonds is 2. The van der Waals surface area contributed by atoms with Crippen LogP contribution in [0.4, 0.5) is 0 Å². The predicted octanol–water partition coefficient (Wildman–Crippen LogP) is 1.70. The third kappa shape index (κ3) is 2.37. The van der Waals surface area contributed by atoms with Crippen molar-refractivity contribution in [1.82, 2.24) is 5.16 Å². The van der Waals surface area contributed by atoms with Crippen molar-refractivity contribution in [3.8, 4) is 0 Å². The lowest BCUT2D eigenvalue weighted by Crippen LogP contribution is -1.63. The Morgan fingerprint density at radius 3 is 3.00 bits per heavy atom. The smallest absolute Gasteiger partial charge is 0.159 e. The van der Waals surface area contributed by atoms with Crippen LogP contribution < -0.4 is 0 Å². The molecule has 0 aliphatic heterocycles. The zero-order chi connectivity index (χ0) is 8.10. The largest absolute Gasteiger partial charge is 0.357 e. The quantitative estimate of drug-likeness (QED) is 0.602. The highest BCUT2D eigenvalue weighted by atomic mass is 16.5. The molecule has 3 nitrogen and oxygen atoms in total. The molecule has 1 rings (SSSR count). The van der Waals surface area contributed by atoms with Gasteiger partial charge in [-0.15, -0.1) is 0 Å². The third-order valence-electron chi connectivity index (χ3n) is 1.14. The molecule has 58 valence electrons. The van der Waals surface area contributed by atoms with Crippen LogP contribution in [0, 0.1) is 6.92 Å². The zero-order valence-corrected chi connectivity index (χ0v) is 6.61. The Balaban J connectivity index is 2.64. The van der Waals surface area contributed by atoms with Gasteiger partial charge in [-0.05, 0) is 19.1 Å². The first-order valence-electron chi connectivity index (χ1n) is 3.35. The number of nitrogens with zero attached hydrogens (tertiary/aromatic N) is 2. The minimum atomic E-state index is 0.752. The van der Waals surface area contributed by atoms with E-state index in [1.807, 2.05) is 19.1 Å². The fraction of sp³-hybridized carbons (Fsp3) is 0.250. The van der Waals surface area contributed by atoms with E-state index in [4.69, 9.17) is 4.52 Å². The van der Waals surface area contributed by atoms with Crippen LogP contribution in [0.25, 0.3) is 6.08 Å². The van der Waals surface area contributed by atoms with E-state index in [2.05, 4.69) is 10.1 Å². The highest BCUT2D eigenvalue weighted by Gasteiger charge is 1.92. The van der Waals surface area contributed by atoms with Crippen molar-refractivity contribution in [2.75, 3.05) is 7.05 Å². The molecular weight excluding hydrogens is 140 g/mol. The van der Waals surface area contributed by atoms with Gasteiger partial charge in [-0.2, -0.15) is 0 Å². The summed E-state index contributed by atoms with van der Waals surface area (Å²) in [6.07, 6.45) is 5.31. The molecule has 0 saturated carbocycles. The molecule has 0 bridgehead atoms. The molecule has 0 amide bonds. The summed E-state index contributed by atoms with van der Waals surface area (Å²) in [6.45, 7) is 1.88. The van der Waals surface area contributed by atoms with Crippen molar-refractivity contribution >= 4 is 12.3 Å². The molecule has 3 heteroatoms. The second-order valence-corrected chi connectivity index (χ2v) is 2.14. The lowest BCUT2D eigenvalue weighted by atomic mass is 10.3. The lowest BCUT2D eigenvalue weighted by molar-refractivity contribution is 0.408. The van der Waals surface area contributed by atoms with Crippen LogP contribution in [0.2, 0.25) is 0 Å². The summed E-state index contributed by atoms with van der Waals surface area (Å²) in [4.78, 5) is 3.78. The van der Waals surface area contributed by atoms with Crippen molar-refractivity contribution < 1.29 is 4.52 Å². The number of allylic oxidation sites excluding steroid dienone is 1. The van der Waals surface area contributed by atoms with E-state index >= 15 is 0 Å². The second kappa shape index (κ2) is 3.71. The Hall–Kier alpha value is -1.38. The first kappa shape index (κ1) is 7.72. The van der Waals surface area contributed by atoms with Gasteiger partial charge < -0.3 is 4.52 Å². The number of hydrogen-bond donors (Lipinski definition) is 0. The van der Waals surface area contributed by atoms with Crippen molar-refractivity contribution in [1.29, 1.82) is 0 Å². The Labute approximate surface area is 65.4 Å². The molecule has 0 spiro atoms. The van der Waals surface area contributed by atoms with E-state index < -0.39 is 0 Å². The molecule has 0 atom stereocenters. The van der Waals surface area contributed by atoms with E-state index in [9.17, 15) is 0 Å². The monoisotopic (exact) mass is 150 g/mol. The van der Waals surface area contributed by atoms with E-state index in [-0.39, 0.29) is 0 Å². The zero-order valence-electron chi connectivity index (χ0n) is 6.61.